The molecular weight excluding hydrogens is 1580 g/mol. The van der Waals surface area contributed by atoms with Gasteiger partial charge in [0.1, 0.15) is 95.2 Å². The number of fused-ring (bicyclic) bond motifs is 15. The number of nitrogens with two attached hydrogens (primary N) is 1. The zero-order valence-corrected chi connectivity index (χ0v) is 65.4. The van der Waals surface area contributed by atoms with E-state index in [-0.39, 0.29) is 57.9 Å². The lowest BCUT2D eigenvalue weighted by atomic mass is 9.84. The van der Waals surface area contributed by atoms with Crippen molar-refractivity contribution in [3.63, 3.8) is 0 Å². The van der Waals surface area contributed by atoms with E-state index in [1.165, 1.54) is 37.9 Å². The first-order valence-electron chi connectivity index (χ1n) is 36.8. The SMILES string of the molecule is CN[C@H](CC(C)C)C(=O)N[C@H]1C(=O)N[C@@H](CC(N)=O)C(=O)N[C@H]2C(=O)N[C@H]3C(=O)N[C@H](C(=O)N[C@H](C(=O)O)c4cc(O)cc(O)c4-c4cc3ccc4O)[C@H](O)c3ccc(c(Cl)c3)Oc3cc2cc(c3O[C@@H]2O[C@H](CO)[C@@H](O)[C@H](O)[C@H]2O[C@H]2C[C@](C)(NCc3cccc(OCCCSC(C)=O)c3)[C@H](O)[C@H](C)O2)Oc2ccc(cc2Cl)[C@H]1O. The van der Waals surface area contributed by atoms with Crippen LogP contribution in [0, 0.1) is 5.92 Å². The molecule has 11 bridgehead atoms. The molecule has 7 aliphatic heterocycles. The Morgan fingerprint density at radius 3 is 2.00 bits per heavy atom. The Morgan fingerprint density at radius 1 is 0.724 bits per heavy atom. The first-order valence-corrected chi connectivity index (χ1v) is 38.5. The van der Waals surface area contributed by atoms with Crippen LogP contribution in [0.4, 0.5) is 0 Å². The fourth-order valence-corrected chi connectivity index (χ4v) is 15.2. The van der Waals surface area contributed by atoms with Crippen LogP contribution < -0.4 is 67.2 Å². The van der Waals surface area contributed by atoms with Gasteiger partial charge in [-0.05, 0) is 134 Å². The summed E-state index contributed by atoms with van der Waals surface area (Å²) >= 11 is 15.5. The highest BCUT2D eigenvalue weighted by atomic mass is 35.5. The minimum Gasteiger partial charge on any atom is -0.508 e. The number of thioether (sulfide) groups is 1. The van der Waals surface area contributed by atoms with Crippen molar-refractivity contribution in [2.75, 3.05) is 26.0 Å². The summed E-state index contributed by atoms with van der Waals surface area (Å²) in [7, 11) is 1.47. The number of halogens is 2. The van der Waals surface area contributed by atoms with Crippen molar-refractivity contribution in [3.8, 4) is 62.9 Å². The number of carbonyl (C=O) groups is 9. The van der Waals surface area contributed by atoms with Crippen LogP contribution in [0.5, 0.6) is 51.7 Å². The van der Waals surface area contributed by atoms with E-state index in [0.717, 1.165) is 72.3 Å². The van der Waals surface area contributed by atoms with E-state index in [2.05, 4.69) is 42.5 Å². The van der Waals surface area contributed by atoms with Crippen LogP contribution in [0.3, 0.4) is 0 Å². The van der Waals surface area contributed by atoms with Gasteiger partial charge in [0.15, 0.2) is 35.1 Å². The summed E-state index contributed by atoms with van der Waals surface area (Å²) < 4.78 is 45.4. The maximum absolute atomic E-state index is 16.2. The number of benzene rings is 6. The van der Waals surface area contributed by atoms with Gasteiger partial charge in [-0.15, -0.1) is 0 Å². The van der Waals surface area contributed by atoms with Crippen molar-refractivity contribution in [1.82, 2.24) is 42.5 Å². The topological polar surface area (TPSA) is 543 Å². The number of phenols is 3. The minimum absolute atomic E-state index is 0.0156. The molecular formula is C78H89Cl2N9O26S. The lowest BCUT2D eigenvalue weighted by Crippen LogP contribution is -2.65. The number of ether oxygens (including phenoxy) is 7. The van der Waals surface area contributed by atoms with Gasteiger partial charge >= 0.3 is 5.97 Å². The van der Waals surface area contributed by atoms with Crippen LogP contribution in [0.25, 0.3) is 11.1 Å². The van der Waals surface area contributed by atoms with E-state index in [4.69, 9.17) is 62.1 Å². The number of amides is 7. The third-order valence-electron chi connectivity index (χ3n) is 20.2. The van der Waals surface area contributed by atoms with E-state index in [1.807, 2.05) is 19.9 Å². The third-order valence-corrected chi connectivity index (χ3v) is 21.7. The first-order chi connectivity index (χ1) is 55.0. The molecule has 0 aromatic heterocycles. The number of aliphatic hydroxyl groups is 6. The molecule has 20 N–H and O–H groups in total. The van der Waals surface area contributed by atoms with Gasteiger partial charge in [-0.25, -0.2) is 4.79 Å². The number of rotatable bonds is 21. The van der Waals surface area contributed by atoms with Crippen molar-refractivity contribution >= 4 is 87.4 Å². The molecule has 7 heterocycles. The maximum Gasteiger partial charge on any atom is 0.330 e. The summed E-state index contributed by atoms with van der Waals surface area (Å²) in [5.41, 5.74) is 2.35. The summed E-state index contributed by atoms with van der Waals surface area (Å²) in [6.07, 6.45) is -18.2. The largest absolute Gasteiger partial charge is 0.508 e. The number of aliphatic carboxylic acids is 1. The van der Waals surface area contributed by atoms with E-state index < -0.39 is 237 Å². The number of carboxylic acid groups (broad SMARTS) is 1. The van der Waals surface area contributed by atoms with Crippen molar-refractivity contribution in [3.05, 3.63) is 147 Å². The molecule has 0 unspecified atom stereocenters. The summed E-state index contributed by atoms with van der Waals surface area (Å²) in [5.74, 6) is -15.0. The van der Waals surface area contributed by atoms with Crippen LogP contribution in [-0.2, 0) is 63.9 Å². The molecule has 13 rings (SSSR count). The van der Waals surface area contributed by atoms with E-state index in [0.29, 0.717) is 24.5 Å². The van der Waals surface area contributed by atoms with Gasteiger partial charge < -0.3 is 132 Å². The van der Waals surface area contributed by atoms with Gasteiger partial charge in [-0.2, -0.15) is 0 Å². The van der Waals surface area contributed by atoms with Gasteiger partial charge in [0.25, 0.3) is 0 Å². The third kappa shape index (κ3) is 19.7. The molecule has 0 spiro atoms. The highest BCUT2D eigenvalue weighted by molar-refractivity contribution is 8.13. The predicted molar refractivity (Wildman–Crippen MR) is 412 cm³/mol. The number of carboxylic acids is 1. The first kappa shape index (κ1) is 86.7. The molecule has 7 aliphatic rings. The second-order valence-corrected chi connectivity index (χ2v) is 31.3. The zero-order valence-electron chi connectivity index (χ0n) is 63.1. The summed E-state index contributed by atoms with van der Waals surface area (Å²) in [4.78, 5) is 129. The Hall–Kier alpha value is -10.2. The van der Waals surface area contributed by atoms with Gasteiger partial charge in [0.2, 0.25) is 53.4 Å². The second-order valence-electron chi connectivity index (χ2n) is 29.2. The number of primary amides is 1. The Morgan fingerprint density at radius 2 is 1.37 bits per heavy atom. The molecule has 7 amide bonds. The second kappa shape index (κ2) is 37.0. The number of likely N-dealkylation sites (N-methyl/N-ethyl adjacent to an activating group) is 1. The van der Waals surface area contributed by atoms with E-state index in [9.17, 15) is 79.8 Å². The molecule has 622 valence electrons. The predicted octanol–water partition coefficient (Wildman–Crippen LogP) is 2.99. The molecule has 2 saturated heterocycles. The number of hydrogen-bond donors (Lipinski definition) is 19. The van der Waals surface area contributed by atoms with Crippen molar-refractivity contribution in [1.29, 1.82) is 0 Å². The average Bonchev–Trinajstić information content (AvgIpc) is 0.768. The highest BCUT2D eigenvalue weighted by Crippen LogP contribution is 2.50. The van der Waals surface area contributed by atoms with Crippen molar-refractivity contribution < 1.29 is 127 Å². The fraction of sp³-hybridized carbons (Fsp3) is 0.423. The lowest BCUT2D eigenvalue weighted by Gasteiger charge is -2.48. The number of phenolic OH excluding ortho intramolecular Hbond substituents is 3. The monoisotopic (exact) mass is 1670 g/mol. The minimum atomic E-state index is -2.37. The van der Waals surface area contributed by atoms with Crippen LogP contribution in [0.2, 0.25) is 10.0 Å². The molecule has 38 heteroatoms. The van der Waals surface area contributed by atoms with Crippen LogP contribution in [-0.4, -0.2) is 208 Å². The Bertz CT molecular complexity index is 4740. The summed E-state index contributed by atoms with van der Waals surface area (Å²) in [6, 6.07) is 6.40. The van der Waals surface area contributed by atoms with Crippen LogP contribution in [0.15, 0.2) is 103 Å². The van der Waals surface area contributed by atoms with Gasteiger partial charge in [0, 0.05) is 53.9 Å². The normalized spacial score (nSPS) is 27.1. The number of carbonyl (C=O) groups excluding carboxylic acids is 8. The van der Waals surface area contributed by atoms with Gasteiger partial charge in [0.05, 0.1) is 47.9 Å². The number of hydrogen-bond acceptors (Lipinski definition) is 28. The zero-order chi connectivity index (χ0) is 84.0. The lowest BCUT2D eigenvalue weighted by molar-refractivity contribution is -0.334. The molecule has 0 aliphatic carbocycles. The molecule has 116 heavy (non-hydrogen) atoms. The molecule has 6 aromatic carbocycles. The van der Waals surface area contributed by atoms with Gasteiger partial charge in [-0.3, -0.25) is 38.4 Å². The average molecular weight is 1670 g/mol. The number of aromatic hydroxyl groups is 3. The summed E-state index contributed by atoms with van der Waals surface area (Å²) in [6.45, 7) is 7.84. The van der Waals surface area contributed by atoms with E-state index >= 15 is 14.4 Å². The molecule has 0 radical (unpaired) electrons. The highest BCUT2D eigenvalue weighted by Gasteiger charge is 2.52. The standard InChI is InChI=1S/C78H89Cl2N9O26S/c1-32(2)19-46(82-6)70(101)88-61-63(96)37-12-15-50(44(79)22-37)111-52-24-39-25-53(67(52)115-77-68(66(99)65(98)54(31-90)113-77)114-56-29-78(5,69(100)33(3)110-56)83-30-35-9-7-10-41(20-35)109-17-8-18-116-34(4)91)112-51-16-13-38(23-45(51)80)64(97)62-75(106)87-60(76(107)108)43-26-40(92)27-49(94)57(43)42-21-36(11-14-48(42)93)58(72(103)89-62)86-73(104)59(39)85-71(102)47(28-55(81)95)84-74(61)105/h7,9-16,20-27,32-33,46-47,54,56,58-66,68-69,77,82-83,90,92-94,96-100H,8,17-19,28-31H2,1-6H3,(H2,81,95)(H,84,105)(H,85,102)(H,86,104)(H,87,106)(H,88,101)(H,89,103)(H,107,108)/t33-,46+,47-,54+,56-,58+,59+,60-,61+,62-,63+,64+,65+,66-,68+,69+,77-,78-/m0/s1. The van der Waals surface area contributed by atoms with E-state index in [1.54, 1.807) is 32.0 Å². The van der Waals surface area contributed by atoms with Crippen LogP contribution >= 0.6 is 35.0 Å². The maximum atomic E-state index is 16.2. The number of nitrogens with one attached hydrogen (secondary N) is 8. The molecule has 2 fully saturated rings. The van der Waals surface area contributed by atoms with Crippen molar-refractivity contribution in [2.24, 2.45) is 11.7 Å². The fourth-order valence-electron chi connectivity index (χ4n) is 14.2. The smallest absolute Gasteiger partial charge is 0.330 e. The molecule has 0 saturated carbocycles. The van der Waals surface area contributed by atoms with Crippen molar-refractivity contribution in [2.45, 2.75) is 176 Å². The summed E-state index contributed by atoms with van der Waals surface area (Å²) in [5, 5.41) is 136. The number of aliphatic hydroxyl groups excluding tert-OH is 6. The van der Waals surface area contributed by atoms with Gasteiger partial charge in [-0.1, -0.05) is 79.1 Å². The Kier molecular flexibility index (Phi) is 27.6. The molecule has 35 nitrogen and oxygen atoms in total. The molecule has 18 atom stereocenters. The quantitative estimate of drug-likeness (QED) is 0.0461. The van der Waals surface area contributed by atoms with Crippen LogP contribution in [0.1, 0.15) is 124 Å². The Balaban J connectivity index is 1.10. The Labute approximate surface area is 677 Å². The molecule has 6 aromatic rings.